The number of benzene rings is 1. The number of ether oxygens (including phenoxy) is 1. The van der Waals surface area contributed by atoms with E-state index in [1.54, 1.807) is 26.2 Å². The molecule has 1 aromatic carbocycles. The molecule has 0 N–H and O–H groups in total. The zero-order chi connectivity index (χ0) is 8.97. The molecule has 3 heteroatoms. The summed E-state index contributed by atoms with van der Waals surface area (Å²) in [6.45, 7) is 1.57. The second kappa shape index (κ2) is 5.93. The normalized spacial score (nSPS) is 8.77. The summed E-state index contributed by atoms with van der Waals surface area (Å²) in [6, 6.07) is 8.25. The van der Waals surface area contributed by atoms with Crippen LogP contribution in [0.25, 0.3) is 0 Å². The molecule has 0 spiro atoms. The molecule has 0 aliphatic rings. The Kier molecular flexibility index (Phi) is 5.64. The summed E-state index contributed by atoms with van der Waals surface area (Å²) in [5.41, 5.74) is 0.920. The number of ketones is 1. The predicted molar refractivity (Wildman–Crippen MR) is 46.2 cm³/mol. The van der Waals surface area contributed by atoms with Gasteiger partial charge in [0.2, 0.25) is 0 Å². The molecule has 0 atom stereocenters. The predicted octanol–water partition coefficient (Wildman–Crippen LogP) is 1.62. The second-order valence-corrected chi connectivity index (χ2v) is 2.62. The van der Waals surface area contributed by atoms with Crippen LogP contribution < -0.4 is 4.74 Å². The van der Waals surface area contributed by atoms with E-state index < -0.39 is 0 Å². The first-order chi connectivity index (χ1) is 5.74. The maximum Gasteiger partial charge on any atom is 0.132 e. The smallest absolute Gasteiger partial charge is 0.132 e. The molecule has 0 heterocycles. The number of rotatable bonds is 3. The monoisotopic (exact) mass is 358 g/mol. The minimum Gasteiger partial charge on any atom is -0.554 e. The molecule has 0 aromatic heterocycles. The third-order valence-electron chi connectivity index (χ3n) is 1.57. The Balaban J connectivity index is 0.00000144. The third-order valence-corrected chi connectivity index (χ3v) is 1.57. The van der Waals surface area contributed by atoms with Crippen LogP contribution in [0.5, 0.6) is 5.75 Å². The molecule has 0 aliphatic heterocycles. The van der Waals surface area contributed by atoms with Crippen molar-refractivity contribution in [1.29, 1.82) is 0 Å². The summed E-state index contributed by atoms with van der Waals surface area (Å²) in [7, 11) is 1.59. The Hall–Kier alpha value is -0.622. The minimum absolute atomic E-state index is 0. The van der Waals surface area contributed by atoms with Crippen LogP contribution in [0.15, 0.2) is 18.2 Å². The van der Waals surface area contributed by atoms with Crippen LogP contribution in [0.2, 0.25) is 0 Å². The van der Waals surface area contributed by atoms with E-state index in [4.69, 9.17) is 4.74 Å². The van der Waals surface area contributed by atoms with Crippen molar-refractivity contribution in [3.63, 3.8) is 0 Å². The Morgan fingerprint density at radius 2 is 2.31 bits per heavy atom. The van der Waals surface area contributed by atoms with E-state index in [2.05, 4.69) is 6.07 Å². The standard InChI is InChI=1S/C10H11O2.Pt/c1-8(11)7-9-5-3-4-6-10(9)12-2;/h3,5-6H,7H2,1-2H3;/q-1;. The van der Waals surface area contributed by atoms with Crippen molar-refractivity contribution in [2.24, 2.45) is 0 Å². The molecular formula is C10H11O2Pt-. The average molecular weight is 358 g/mol. The van der Waals surface area contributed by atoms with E-state index in [1.165, 1.54) is 0 Å². The molecule has 0 radical (unpaired) electrons. The topological polar surface area (TPSA) is 26.3 Å². The Morgan fingerprint density at radius 3 is 2.85 bits per heavy atom. The molecular weight excluding hydrogens is 347 g/mol. The summed E-state index contributed by atoms with van der Waals surface area (Å²) in [5, 5.41) is 0. The Labute approximate surface area is 92.6 Å². The third kappa shape index (κ3) is 3.73. The number of hydrogen-bond donors (Lipinski definition) is 0. The zero-order valence-corrected chi connectivity index (χ0v) is 9.84. The van der Waals surface area contributed by atoms with Gasteiger partial charge in [-0.15, -0.1) is 11.6 Å². The summed E-state index contributed by atoms with van der Waals surface area (Å²) in [4.78, 5) is 10.8. The van der Waals surface area contributed by atoms with Gasteiger partial charge < -0.3 is 4.74 Å². The van der Waals surface area contributed by atoms with Gasteiger partial charge in [0.15, 0.2) is 0 Å². The number of carbonyl (C=O) groups is 1. The van der Waals surface area contributed by atoms with Gasteiger partial charge in [-0.25, -0.2) is 0 Å². The molecule has 0 unspecified atom stereocenters. The van der Waals surface area contributed by atoms with Crippen LogP contribution in [0.4, 0.5) is 0 Å². The minimum atomic E-state index is 0. The summed E-state index contributed by atoms with van der Waals surface area (Å²) < 4.78 is 5.06. The van der Waals surface area contributed by atoms with Crippen LogP contribution in [0.1, 0.15) is 12.5 Å². The van der Waals surface area contributed by atoms with Crippen molar-refractivity contribution in [3.05, 3.63) is 29.8 Å². The van der Waals surface area contributed by atoms with E-state index in [0.29, 0.717) is 6.42 Å². The van der Waals surface area contributed by atoms with Crippen molar-refractivity contribution in [1.82, 2.24) is 0 Å². The van der Waals surface area contributed by atoms with Crippen LogP contribution in [0, 0.1) is 6.07 Å². The van der Waals surface area contributed by atoms with Gasteiger partial charge in [0.1, 0.15) is 5.78 Å². The Bertz CT molecular complexity index is 284. The molecule has 13 heavy (non-hydrogen) atoms. The van der Waals surface area contributed by atoms with E-state index in [1.807, 2.05) is 6.07 Å². The number of Topliss-reactive ketones (excluding diaryl/α,β-unsaturated/α-hetero) is 1. The fourth-order valence-electron chi connectivity index (χ4n) is 1.05. The molecule has 1 rings (SSSR count). The average Bonchev–Trinajstić information content (AvgIpc) is 2.04. The molecule has 74 valence electrons. The van der Waals surface area contributed by atoms with Crippen LogP contribution in [-0.4, -0.2) is 12.9 Å². The summed E-state index contributed by atoms with van der Waals surface area (Å²) >= 11 is 0. The fraction of sp³-hybridized carbons (Fsp3) is 0.300. The molecule has 0 saturated heterocycles. The van der Waals surface area contributed by atoms with Gasteiger partial charge in [-0.2, -0.15) is 18.2 Å². The molecule has 0 bridgehead atoms. The first-order valence-corrected chi connectivity index (χ1v) is 3.76. The molecule has 0 amide bonds. The molecule has 0 fully saturated rings. The fourth-order valence-corrected chi connectivity index (χ4v) is 1.05. The van der Waals surface area contributed by atoms with Gasteiger partial charge >= 0.3 is 0 Å². The number of methoxy groups -OCH3 is 1. The van der Waals surface area contributed by atoms with Gasteiger partial charge in [0, 0.05) is 33.2 Å². The molecule has 2 nitrogen and oxygen atoms in total. The SMILES string of the molecule is COc1c[c-]ccc1CC(C)=O.[Pt]. The number of carbonyl (C=O) groups excluding carboxylic acids is 1. The van der Waals surface area contributed by atoms with Crippen molar-refractivity contribution < 1.29 is 30.6 Å². The summed E-state index contributed by atoms with van der Waals surface area (Å²) in [5.74, 6) is 0.868. The van der Waals surface area contributed by atoms with Gasteiger partial charge in [-0.3, -0.25) is 4.79 Å². The van der Waals surface area contributed by atoms with Crippen LogP contribution >= 0.6 is 0 Å². The number of hydrogen-bond acceptors (Lipinski definition) is 2. The quantitative estimate of drug-likeness (QED) is 0.768. The van der Waals surface area contributed by atoms with E-state index in [0.717, 1.165) is 11.3 Å². The Morgan fingerprint density at radius 1 is 1.62 bits per heavy atom. The van der Waals surface area contributed by atoms with Gasteiger partial charge in [0.05, 0.1) is 7.11 Å². The van der Waals surface area contributed by atoms with Gasteiger partial charge in [0.25, 0.3) is 0 Å². The van der Waals surface area contributed by atoms with Gasteiger partial charge in [-0.1, -0.05) is 0 Å². The largest absolute Gasteiger partial charge is 0.554 e. The molecule has 1 aromatic rings. The van der Waals surface area contributed by atoms with Crippen molar-refractivity contribution in [2.45, 2.75) is 13.3 Å². The van der Waals surface area contributed by atoms with Crippen LogP contribution in [-0.2, 0) is 32.3 Å². The first-order valence-electron chi connectivity index (χ1n) is 3.76. The van der Waals surface area contributed by atoms with Crippen molar-refractivity contribution >= 4 is 5.78 Å². The first kappa shape index (κ1) is 12.4. The van der Waals surface area contributed by atoms with Crippen molar-refractivity contribution in [3.8, 4) is 5.75 Å². The maximum absolute atomic E-state index is 10.8. The maximum atomic E-state index is 10.8. The molecule has 0 saturated carbocycles. The van der Waals surface area contributed by atoms with Gasteiger partial charge in [-0.05, 0) is 6.92 Å². The van der Waals surface area contributed by atoms with Crippen LogP contribution in [0.3, 0.4) is 0 Å². The van der Waals surface area contributed by atoms with Crippen molar-refractivity contribution in [2.75, 3.05) is 7.11 Å². The molecule has 0 aliphatic carbocycles. The second-order valence-electron chi connectivity index (χ2n) is 2.62. The summed E-state index contributed by atoms with van der Waals surface area (Å²) in [6.07, 6.45) is 0.428. The van der Waals surface area contributed by atoms with E-state index in [-0.39, 0.29) is 26.8 Å². The van der Waals surface area contributed by atoms with E-state index in [9.17, 15) is 4.79 Å². The zero-order valence-electron chi connectivity index (χ0n) is 7.57. The van der Waals surface area contributed by atoms with E-state index >= 15 is 0 Å².